The molecule has 0 spiro atoms. The molecule has 0 aromatic heterocycles. The number of carbonyl (C=O) groups is 2. The largest absolute Gasteiger partial charge is 0.352 e. The van der Waals surface area contributed by atoms with E-state index in [1.807, 2.05) is 41.5 Å². The van der Waals surface area contributed by atoms with Crippen LogP contribution in [0.4, 0.5) is 0 Å². The summed E-state index contributed by atoms with van der Waals surface area (Å²) < 4.78 is 0. The van der Waals surface area contributed by atoms with E-state index in [-0.39, 0.29) is 17.7 Å². The summed E-state index contributed by atoms with van der Waals surface area (Å²) in [5, 5.41) is 2.99. The predicted octanol–water partition coefficient (Wildman–Crippen LogP) is 1.62. The fourth-order valence-electron chi connectivity index (χ4n) is 2.89. The van der Waals surface area contributed by atoms with Gasteiger partial charge < -0.3 is 16.0 Å². The lowest BCUT2D eigenvalue weighted by molar-refractivity contribution is -0.136. The van der Waals surface area contributed by atoms with Crippen molar-refractivity contribution >= 4 is 23.6 Å². The second-order valence-corrected chi connectivity index (χ2v) is 7.18. The lowest BCUT2D eigenvalue weighted by Gasteiger charge is -2.33. The van der Waals surface area contributed by atoms with E-state index in [2.05, 4.69) is 5.32 Å². The molecule has 5 nitrogen and oxygen atoms in total. The van der Waals surface area contributed by atoms with Crippen LogP contribution in [-0.4, -0.2) is 47.9 Å². The first-order valence-electron chi connectivity index (χ1n) is 8.46. The Morgan fingerprint density at radius 1 is 1.29 bits per heavy atom. The summed E-state index contributed by atoms with van der Waals surface area (Å²) in [6, 6.07) is 9.47. The number of nitrogens with two attached hydrogens (primary N) is 1. The highest BCUT2D eigenvalue weighted by molar-refractivity contribution is 7.98. The average molecular weight is 350 g/mol. The van der Waals surface area contributed by atoms with Crippen molar-refractivity contribution in [2.45, 2.75) is 31.8 Å². The van der Waals surface area contributed by atoms with Crippen molar-refractivity contribution in [1.82, 2.24) is 10.2 Å². The van der Waals surface area contributed by atoms with Gasteiger partial charge in [-0.15, -0.1) is 0 Å². The van der Waals surface area contributed by atoms with Crippen LogP contribution in [0.5, 0.6) is 0 Å². The normalized spacial score (nSPS) is 16.7. The van der Waals surface area contributed by atoms with Crippen LogP contribution in [0.3, 0.4) is 0 Å². The van der Waals surface area contributed by atoms with Gasteiger partial charge in [0.25, 0.3) is 0 Å². The first kappa shape index (κ1) is 18.8. The van der Waals surface area contributed by atoms with Gasteiger partial charge in [-0.1, -0.05) is 30.3 Å². The zero-order valence-electron chi connectivity index (χ0n) is 14.2. The summed E-state index contributed by atoms with van der Waals surface area (Å²) in [6.45, 7) is 1.79. The van der Waals surface area contributed by atoms with E-state index in [1.165, 1.54) is 0 Å². The molecule has 2 rings (SSSR count). The summed E-state index contributed by atoms with van der Waals surface area (Å²) in [6.07, 6.45) is 4.14. The summed E-state index contributed by atoms with van der Waals surface area (Å²) in [5.41, 5.74) is 7.05. The summed E-state index contributed by atoms with van der Waals surface area (Å²) in [4.78, 5) is 26.4. The minimum Gasteiger partial charge on any atom is -0.352 e. The minimum absolute atomic E-state index is 0.0137. The highest BCUT2D eigenvalue weighted by Crippen LogP contribution is 2.18. The number of nitrogens with zero attached hydrogens (tertiary/aromatic N) is 1. The lowest BCUT2D eigenvalue weighted by atomic mass is 9.95. The molecule has 1 aliphatic rings. The SMILES string of the molecule is CSCCC(N)C(=O)N1CCC(C(=O)NCc2ccccc2)CC1. The van der Waals surface area contributed by atoms with Crippen molar-refractivity contribution < 1.29 is 9.59 Å². The molecule has 1 aromatic rings. The van der Waals surface area contributed by atoms with Crippen molar-refractivity contribution in [3.8, 4) is 0 Å². The van der Waals surface area contributed by atoms with Crippen LogP contribution < -0.4 is 11.1 Å². The molecule has 2 amide bonds. The third kappa shape index (κ3) is 5.53. The van der Waals surface area contributed by atoms with E-state index in [1.54, 1.807) is 11.8 Å². The molecule has 1 saturated heterocycles. The van der Waals surface area contributed by atoms with Crippen LogP contribution in [0.25, 0.3) is 0 Å². The van der Waals surface area contributed by atoms with Gasteiger partial charge in [-0.05, 0) is 36.8 Å². The van der Waals surface area contributed by atoms with Crippen LogP contribution in [0.15, 0.2) is 30.3 Å². The summed E-state index contributed by atoms with van der Waals surface area (Å²) >= 11 is 1.70. The molecule has 1 aromatic carbocycles. The molecule has 1 heterocycles. The van der Waals surface area contributed by atoms with E-state index in [0.717, 1.165) is 11.3 Å². The Labute approximate surface area is 148 Å². The number of hydrogen-bond donors (Lipinski definition) is 2. The molecule has 3 N–H and O–H groups in total. The lowest BCUT2D eigenvalue weighted by Crippen LogP contribution is -2.49. The monoisotopic (exact) mass is 349 g/mol. The number of likely N-dealkylation sites (tertiary alicyclic amines) is 1. The third-order valence-corrected chi connectivity index (χ3v) is 5.08. The number of piperidine rings is 1. The molecule has 1 aliphatic heterocycles. The number of thioether (sulfide) groups is 1. The Hall–Kier alpha value is -1.53. The Morgan fingerprint density at radius 2 is 1.96 bits per heavy atom. The Morgan fingerprint density at radius 3 is 2.58 bits per heavy atom. The molecule has 0 saturated carbocycles. The standard InChI is InChI=1S/C18H27N3O2S/c1-24-12-9-16(19)18(23)21-10-7-15(8-11-21)17(22)20-13-14-5-3-2-4-6-14/h2-6,15-16H,7-13,19H2,1H3,(H,20,22). The van der Waals surface area contributed by atoms with Gasteiger partial charge in [0.15, 0.2) is 0 Å². The number of benzene rings is 1. The molecule has 0 bridgehead atoms. The van der Waals surface area contributed by atoms with Gasteiger partial charge in [0, 0.05) is 25.6 Å². The van der Waals surface area contributed by atoms with Gasteiger partial charge in [0.1, 0.15) is 0 Å². The molecule has 132 valence electrons. The molecular formula is C18H27N3O2S. The highest BCUT2D eigenvalue weighted by atomic mass is 32.2. The molecule has 0 aliphatic carbocycles. The van der Waals surface area contributed by atoms with Gasteiger partial charge in [-0.2, -0.15) is 11.8 Å². The number of hydrogen-bond acceptors (Lipinski definition) is 4. The van der Waals surface area contributed by atoms with E-state index in [0.29, 0.717) is 38.9 Å². The van der Waals surface area contributed by atoms with E-state index in [4.69, 9.17) is 5.73 Å². The molecule has 0 radical (unpaired) electrons. The quantitative estimate of drug-likeness (QED) is 0.784. The van der Waals surface area contributed by atoms with Gasteiger partial charge in [0.05, 0.1) is 6.04 Å². The number of carbonyl (C=O) groups excluding carboxylic acids is 2. The average Bonchev–Trinajstić information content (AvgIpc) is 2.64. The number of nitrogens with one attached hydrogen (secondary N) is 1. The van der Waals surface area contributed by atoms with Crippen molar-refractivity contribution in [3.05, 3.63) is 35.9 Å². The Balaban J connectivity index is 1.73. The maximum atomic E-state index is 12.3. The van der Waals surface area contributed by atoms with Crippen LogP contribution in [-0.2, 0) is 16.1 Å². The second-order valence-electron chi connectivity index (χ2n) is 6.19. The zero-order chi connectivity index (χ0) is 17.4. The molecule has 1 unspecified atom stereocenters. The zero-order valence-corrected chi connectivity index (χ0v) is 15.1. The van der Waals surface area contributed by atoms with Crippen LogP contribution in [0.2, 0.25) is 0 Å². The van der Waals surface area contributed by atoms with Gasteiger partial charge in [-0.25, -0.2) is 0 Å². The van der Waals surface area contributed by atoms with Gasteiger partial charge in [-0.3, -0.25) is 9.59 Å². The number of rotatable bonds is 7. The number of amides is 2. The van der Waals surface area contributed by atoms with Crippen molar-refractivity contribution in [3.63, 3.8) is 0 Å². The van der Waals surface area contributed by atoms with E-state index >= 15 is 0 Å². The van der Waals surface area contributed by atoms with Crippen LogP contribution in [0.1, 0.15) is 24.8 Å². The van der Waals surface area contributed by atoms with Crippen molar-refractivity contribution in [1.29, 1.82) is 0 Å². The maximum absolute atomic E-state index is 12.3. The Kier molecular flexibility index (Phi) is 7.59. The van der Waals surface area contributed by atoms with Crippen LogP contribution >= 0.6 is 11.8 Å². The Bertz CT molecular complexity index is 530. The fourth-order valence-corrected chi connectivity index (χ4v) is 3.38. The molecule has 24 heavy (non-hydrogen) atoms. The van der Waals surface area contributed by atoms with Crippen molar-refractivity contribution in [2.24, 2.45) is 11.7 Å². The predicted molar refractivity (Wildman–Crippen MR) is 98.6 cm³/mol. The highest BCUT2D eigenvalue weighted by Gasteiger charge is 2.29. The maximum Gasteiger partial charge on any atom is 0.239 e. The molecule has 6 heteroatoms. The van der Waals surface area contributed by atoms with Crippen LogP contribution in [0, 0.1) is 5.92 Å². The van der Waals surface area contributed by atoms with Gasteiger partial charge in [0.2, 0.25) is 11.8 Å². The topological polar surface area (TPSA) is 75.4 Å². The second kappa shape index (κ2) is 9.69. The van der Waals surface area contributed by atoms with E-state index in [9.17, 15) is 9.59 Å². The molecule has 1 atom stereocenters. The summed E-state index contributed by atoms with van der Waals surface area (Å²) in [7, 11) is 0. The first-order valence-corrected chi connectivity index (χ1v) is 9.86. The molecule has 1 fully saturated rings. The summed E-state index contributed by atoms with van der Waals surface area (Å²) in [5.74, 6) is 0.982. The first-order chi connectivity index (χ1) is 11.6. The smallest absolute Gasteiger partial charge is 0.239 e. The van der Waals surface area contributed by atoms with E-state index < -0.39 is 6.04 Å². The van der Waals surface area contributed by atoms with Crippen molar-refractivity contribution in [2.75, 3.05) is 25.1 Å². The third-order valence-electron chi connectivity index (χ3n) is 4.44. The molecular weight excluding hydrogens is 322 g/mol. The minimum atomic E-state index is -0.416. The van der Waals surface area contributed by atoms with Gasteiger partial charge >= 0.3 is 0 Å². The fraction of sp³-hybridized carbons (Fsp3) is 0.556.